The summed E-state index contributed by atoms with van der Waals surface area (Å²) >= 11 is 0. The van der Waals surface area contributed by atoms with Crippen molar-refractivity contribution in [3.63, 3.8) is 0 Å². The second kappa shape index (κ2) is 4.09. The zero-order chi connectivity index (χ0) is 13.0. The third-order valence-corrected chi connectivity index (χ3v) is 5.61. The second-order valence-corrected chi connectivity index (χ2v) is 6.43. The summed E-state index contributed by atoms with van der Waals surface area (Å²) in [6.07, 6.45) is 6.13. The molecule has 0 aromatic carbocycles. The highest BCUT2D eigenvalue weighted by Crippen LogP contribution is 2.55. The van der Waals surface area contributed by atoms with Crippen molar-refractivity contribution in [1.29, 1.82) is 0 Å². The molecule has 1 saturated heterocycles. The fourth-order valence-corrected chi connectivity index (χ4v) is 4.66. The van der Waals surface area contributed by atoms with Crippen LogP contribution in [0.15, 0.2) is 12.3 Å². The molecule has 1 aromatic rings. The van der Waals surface area contributed by atoms with E-state index >= 15 is 0 Å². The molecule has 3 fully saturated rings. The fourth-order valence-electron chi connectivity index (χ4n) is 4.66. The van der Waals surface area contributed by atoms with Crippen molar-refractivity contribution in [3.8, 4) is 0 Å². The van der Waals surface area contributed by atoms with Gasteiger partial charge in [-0.2, -0.15) is 5.10 Å². The molecule has 1 amide bonds. The van der Waals surface area contributed by atoms with E-state index in [1.807, 2.05) is 23.9 Å². The molecule has 4 rings (SSSR count). The second-order valence-electron chi connectivity index (χ2n) is 6.43. The molecule has 1 aromatic heterocycles. The predicted molar refractivity (Wildman–Crippen MR) is 71.6 cm³/mol. The molecule has 4 nitrogen and oxygen atoms in total. The number of aryl methyl sites for hydroxylation is 1. The number of fused-ring (bicyclic) bond motifs is 5. The van der Waals surface area contributed by atoms with Crippen LogP contribution in [0.4, 0.5) is 0 Å². The molecule has 4 atom stereocenters. The summed E-state index contributed by atoms with van der Waals surface area (Å²) in [6.45, 7) is 4.81. The van der Waals surface area contributed by atoms with Gasteiger partial charge in [-0.3, -0.25) is 9.48 Å². The maximum atomic E-state index is 12.5. The molecular formula is C15H21N3O. The Bertz CT molecular complexity index is 491. The standard InChI is InChI=1S/C15H21N3O/c1-2-18-6-5-14(16-18)15(19)17-8-12-10-3-4-11(7-10)13(12)9-17/h5-6,10-13H,2-4,7-9H2,1H3/t10-,11+,12-,13+. The summed E-state index contributed by atoms with van der Waals surface area (Å²) in [7, 11) is 0. The van der Waals surface area contributed by atoms with Gasteiger partial charge in [-0.25, -0.2) is 0 Å². The maximum Gasteiger partial charge on any atom is 0.274 e. The molecule has 2 aliphatic carbocycles. The Hall–Kier alpha value is -1.32. The van der Waals surface area contributed by atoms with E-state index in [1.165, 1.54) is 19.3 Å². The minimum Gasteiger partial charge on any atom is -0.337 e. The van der Waals surface area contributed by atoms with E-state index < -0.39 is 0 Å². The van der Waals surface area contributed by atoms with Gasteiger partial charge < -0.3 is 4.90 Å². The molecule has 2 heterocycles. The summed E-state index contributed by atoms with van der Waals surface area (Å²) in [5.41, 5.74) is 0.620. The SMILES string of the molecule is CCn1ccc(C(=O)N2C[C@@H]3[C@@H]4CC[C@@H](C4)[C@@H]3C2)n1. The summed E-state index contributed by atoms with van der Waals surface area (Å²) in [5.74, 6) is 3.52. The van der Waals surface area contributed by atoms with E-state index in [9.17, 15) is 4.79 Å². The van der Waals surface area contributed by atoms with Gasteiger partial charge in [-0.15, -0.1) is 0 Å². The van der Waals surface area contributed by atoms with Crippen LogP contribution in [0.2, 0.25) is 0 Å². The zero-order valence-electron chi connectivity index (χ0n) is 11.5. The first-order valence-electron chi connectivity index (χ1n) is 7.59. The number of carbonyl (C=O) groups is 1. The van der Waals surface area contributed by atoms with Crippen molar-refractivity contribution in [2.75, 3.05) is 13.1 Å². The molecule has 102 valence electrons. The van der Waals surface area contributed by atoms with Gasteiger partial charge in [-0.05, 0) is 55.9 Å². The van der Waals surface area contributed by atoms with E-state index in [-0.39, 0.29) is 5.91 Å². The molecule has 2 saturated carbocycles. The lowest BCUT2D eigenvalue weighted by atomic mass is 9.82. The topological polar surface area (TPSA) is 38.1 Å². The summed E-state index contributed by atoms with van der Waals surface area (Å²) in [6, 6.07) is 1.86. The minimum absolute atomic E-state index is 0.140. The smallest absolute Gasteiger partial charge is 0.274 e. The molecule has 0 N–H and O–H groups in total. The van der Waals surface area contributed by atoms with Gasteiger partial charge in [0.2, 0.25) is 0 Å². The van der Waals surface area contributed by atoms with Gasteiger partial charge in [0.15, 0.2) is 0 Å². The first-order chi connectivity index (χ1) is 9.26. The van der Waals surface area contributed by atoms with Crippen molar-refractivity contribution in [2.24, 2.45) is 23.7 Å². The Morgan fingerprint density at radius 2 is 2.00 bits per heavy atom. The molecule has 1 aliphatic heterocycles. The van der Waals surface area contributed by atoms with Crippen molar-refractivity contribution >= 4 is 5.91 Å². The lowest BCUT2D eigenvalue weighted by Gasteiger charge is -2.22. The van der Waals surface area contributed by atoms with Crippen LogP contribution in [-0.2, 0) is 6.54 Å². The van der Waals surface area contributed by atoms with Gasteiger partial charge in [-0.1, -0.05) is 0 Å². The van der Waals surface area contributed by atoms with Crippen LogP contribution in [0, 0.1) is 23.7 Å². The van der Waals surface area contributed by atoms with Crippen LogP contribution < -0.4 is 0 Å². The van der Waals surface area contributed by atoms with E-state index in [1.54, 1.807) is 0 Å². The number of aromatic nitrogens is 2. The van der Waals surface area contributed by atoms with Crippen molar-refractivity contribution < 1.29 is 4.79 Å². The van der Waals surface area contributed by atoms with Gasteiger partial charge >= 0.3 is 0 Å². The number of amides is 1. The summed E-state index contributed by atoms with van der Waals surface area (Å²) in [4.78, 5) is 14.5. The molecule has 3 aliphatic rings. The van der Waals surface area contributed by atoms with Gasteiger partial charge in [0.1, 0.15) is 5.69 Å². The first-order valence-corrected chi connectivity index (χ1v) is 7.59. The van der Waals surface area contributed by atoms with Crippen LogP contribution >= 0.6 is 0 Å². The third kappa shape index (κ3) is 1.65. The Balaban J connectivity index is 1.50. The number of likely N-dealkylation sites (tertiary alicyclic amines) is 1. The van der Waals surface area contributed by atoms with E-state index in [0.717, 1.165) is 43.3 Å². The van der Waals surface area contributed by atoms with Gasteiger partial charge in [0, 0.05) is 25.8 Å². The molecule has 4 heteroatoms. The van der Waals surface area contributed by atoms with Crippen molar-refractivity contribution in [1.82, 2.24) is 14.7 Å². The van der Waals surface area contributed by atoms with Crippen LogP contribution in [0.3, 0.4) is 0 Å². The average molecular weight is 259 g/mol. The minimum atomic E-state index is 0.140. The largest absolute Gasteiger partial charge is 0.337 e. The van der Waals surface area contributed by atoms with E-state index in [2.05, 4.69) is 10.00 Å². The molecule has 0 spiro atoms. The highest BCUT2D eigenvalue weighted by atomic mass is 16.2. The molecule has 19 heavy (non-hydrogen) atoms. The Morgan fingerprint density at radius 3 is 2.58 bits per heavy atom. The van der Waals surface area contributed by atoms with Crippen LogP contribution in [-0.4, -0.2) is 33.7 Å². The molecule has 0 unspecified atom stereocenters. The highest BCUT2D eigenvalue weighted by molar-refractivity contribution is 5.92. The molecular weight excluding hydrogens is 238 g/mol. The molecule has 2 bridgehead atoms. The monoisotopic (exact) mass is 259 g/mol. The van der Waals surface area contributed by atoms with E-state index in [4.69, 9.17) is 0 Å². The third-order valence-electron chi connectivity index (χ3n) is 5.61. The lowest BCUT2D eigenvalue weighted by molar-refractivity contribution is 0.0769. The van der Waals surface area contributed by atoms with Crippen LogP contribution in [0.5, 0.6) is 0 Å². The maximum absolute atomic E-state index is 12.5. The number of nitrogens with zero attached hydrogens (tertiary/aromatic N) is 3. The summed E-state index contributed by atoms with van der Waals surface area (Å²) in [5, 5.41) is 4.35. The van der Waals surface area contributed by atoms with Gasteiger partial charge in [0.25, 0.3) is 5.91 Å². The van der Waals surface area contributed by atoms with Gasteiger partial charge in [0.05, 0.1) is 0 Å². The Kier molecular flexibility index (Phi) is 2.47. The highest BCUT2D eigenvalue weighted by Gasteiger charge is 2.52. The Labute approximate surface area is 113 Å². The first kappa shape index (κ1) is 11.5. The Morgan fingerprint density at radius 1 is 1.32 bits per heavy atom. The average Bonchev–Trinajstić information content (AvgIpc) is 3.17. The summed E-state index contributed by atoms with van der Waals surface area (Å²) < 4.78 is 1.83. The van der Waals surface area contributed by atoms with Crippen molar-refractivity contribution in [3.05, 3.63) is 18.0 Å². The van der Waals surface area contributed by atoms with Crippen LogP contribution in [0.1, 0.15) is 36.7 Å². The molecule has 0 radical (unpaired) electrons. The number of carbonyl (C=O) groups excluding carboxylic acids is 1. The quantitative estimate of drug-likeness (QED) is 0.815. The van der Waals surface area contributed by atoms with E-state index in [0.29, 0.717) is 5.69 Å². The van der Waals surface area contributed by atoms with Crippen LogP contribution in [0.25, 0.3) is 0 Å². The zero-order valence-corrected chi connectivity index (χ0v) is 11.5. The fraction of sp³-hybridized carbons (Fsp3) is 0.733. The number of hydrogen-bond donors (Lipinski definition) is 0. The predicted octanol–water partition coefficient (Wildman–Crippen LogP) is 2.02. The normalized spacial score (nSPS) is 35.9. The number of rotatable bonds is 2. The lowest BCUT2D eigenvalue weighted by Crippen LogP contribution is -2.30. The number of hydrogen-bond acceptors (Lipinski definition) is 2. The van der Waals surface area contributed by atoms with Crippen molar-refractivity contribution in [2.45, 2.75) is 32.7 Å².